The molecule has 1 saturated carbocycles. The van der Waals surface area contributed by atoms with Gasteiger partial charge in [0.2, 0.25) is 5.88 Å². The number of amides is 2. The first-order valence-electron chi connectivity index (χ1n) is 9.37. The van der Waals surface area contributed by atoms with E-state index in [-0.39, 0.29) is 18.0 Å². The number of carbonyl (C=O) groups excluding carboxylic acids is 1. The average Bonchev–Trinajstić information content (AvgIpc) is 2.70. The number of hydrogen-bond acceptors (Lipinski definition) is 4. The predicted octanol–water partition coefficient (Wildman–Crippen LogP) is 3.83. The molecule has 1 aliphatic carbocycles. The van der Waals surface area contributed by atoms with Crippen molar-refractivity contribution in [1.29, 1.82) is 0 Å². The first kappa shape index (κ1) is 19.7. The summed E-state index contributed by atoms with van der Waals surface area (Å²) >= 11 is 0. The molecule has 0 spiro atoms. The van der Waals surface area contributed by atoms with Crippen LogP contribution in [0.5, 0.6) is 5.88 Å². The molecule has 3 N–H and O–H groups in total. The predicted molar refractivity (Wildman–Crippen MR) is 106 cm³/mol. The van der Waals surface area contributed by atoms with E-state index >= 15 is 0 Å². The van der Waals surface area contributed by atoms with Gasteiger partial charge in [0.15, 0.2) is 0 Å². The van der Waals surface area contributed by atoms with Crippen LogP contribution in [0.1, 0.15) is 31.2 Å². The van der Waals surface area contributed by atoms with Crippen LogP contribution in [0, 0.1) is 12.8 Å². The summed E-state index contributed by atoms with van der Waals surface area (Å²) in [6.45, 7) is 1.93. The van der Waals surface area contributed by atoms with Gasteiger partial charge in [0.05, 0.1) is 13.0 Å². The average molecular weight is 383 g/mol. The van der Waals surface area contributed by atoms with E-state index in [9.17, 15) is 9.59 Å². The summed E-state index contributed by atoms with van der Waals surface area (Å²) in [5, 5.41) is 14.9. The summed E-state index contributed by atoms with van der Waals surface area (Å²) in [6, 6.07) is 9.29. The normalized spacial score (nSPS) is 18.9. The minimum atomic E-state index is -0.747. The summed E-state index contributed by atoms with van der Waals surface area (Å²) < 4.78 is 5.08. The van der Waals surface area contributed by atoms with Crippen LogP contribution >= 0.6 is 0 Å². The van der Waals surface area contributed by atoms with Crippen LogP contribution in [-0.2, 0) is 4.79 Å². The van der Waals surface area contributed by atoms with Crippen LogP contribution in [0.25, 0.3) is 11.1 Å². The number of aliphatic carboxylic acids is 1. The molecule has 1 aromatic carbocycles. The number of anilines is 1. The number of benzene rings is 1. The third-order valence-electron chi connectivity index (χ3n) is 5.18. The molecule has 0 unspecified atom stereocenters. The molecule has 28 heavy (non-hydrogen) atoms. The fraction of sp³-hybridized carbons (Fsp3) is 0.381. The number of urea groups is 1. The Balaban J connectivity index is 1.63. The molecule has 3 rings (SSSR count). The third-order valence-corrected chi connectivity index (χ3v) is 5.18. The number of aromatic nitrogens is 1. The smallest absolute Gasteiger partial charge is 0.319 e. The Morgan fingerprint density at radius 2 is 1.82 bits per heavy atom. The maximum absolute atomic E-state index is 12.4. The minimum absolute atomic E-state index is 0.00452. The van der Waals surface area contributed by atoms with Crippen molar-refractivity contribution >= 4 is 17.7 Å². The molecular formula is C21H25N3O4. The fourth-order valence-corrected chi connectivity index (χ4v) is 3.44. The summed E-state index contributed by atoms with van der Waals surface area (Å²) in [7, 11) is 1.57. The Kier molecular flexibility index (Phi) is 6.13. The van der Waals surface area contributed by atoms with Crippen LogP contribution in [0.4, 0.5) is 10.5 Å². The van der Waals surface area contributed by atoms with Gasteiger partial charge in [0, 0.05) is 29.6 Å². The number of rotatable bonds is 5. The standard InChI is InChI=1S/C21H25N3O4/c1-13-3-4-15(16-7-10-19(28-2)22-12-16)11-18(13)24-21(27)23-17-8-5-14(6-9-17)20(25)26/h3-4,7,10-12,14,17H,5-6,8-9H2,1-2H3,(H,25,26)(H2,23,24,27). The molecule has 7 heteroatoms. The number of nitrogens with one attached hydrogen (secondary N) is 2. The zero-order valence-electron chi connectivity index (χ0n) is 16.1. The summed E-state index contributed by atoms with van der Waals surface area (Å²) in [5.41, 5.74) is 3.55. The monoisotopic (exact) mass is 383 g/mol. The summed E-state index contributed by atoms with van der Waals surface area (Å²) in [5.74, 6) is -0.493. The highest BCUT2D eigenvalue weighted by Gasteiger charge is 2.26. The minimum Gasteiger partial charge on any atom is -0.481 e. The van der Waals surface area contributed by atoms with E-state index < -0.39 is 5.97 Å². The number of pyridine rings is 1. The second-order valence-electron chi connectivity index (χ2n) is 7.10. The zero-order valence-corrected chi connectivity index (χ0v) is 16.1. The number of carbonyl (C=O) groups is 2. The van der Waals surface area contributed by atoms with Crippen molar-refractivity contribution in [3.8, 4) is 17.0 Å². The Bertz CT molecular complexity index is 843. The largest absolute Gasteiger partial charge is 0.481 e. The van der Waals surface area contributed by atoms with E-state index in [1.165, 1.54) is 0 Å². The van der Waals surface area contributed by atoms with Crippen LogP contribution in [0.2, 0.25) is 0 Å². The van der Waals surface area contributed by atoms with Gasteiger partial charge in [-0.25, -0.2) is 9.78 Å². The van der Waals surface area contributed by atoms with Crippen molar-refractivity contribution in [1.82, 2.24) is 10.3 Å². The summed E-state index contributed by atoms with van der Waals surface area (Å²) in [6.07, 6.45) is 4.29. The molecule has 0 saturated heterocycles. The highest BCUT2D eigenvalue weighted by molar-refractivity contribution is 5.91. The lowest BCUT2D eigenvalue weighted by Gasteiger charge is -2.27. The molecule has 1 heterocycles. The van der Waals surface area contributed by atoms with Gasteiger partial charge in [-0.2, -0.15) is 0 Å². The zero-order chi connectivity index (χ0) is 20.1. The van der Waals surface area contributed by atoms with Gasteiger partial charge in [-0.1, -0.05) is 12.1 Å². The molecule has 7 nitrogen and oxygen atoms in total. The van der Waals surface area contributed by atoms with Gasteiger partial charge >= 0.3 is 12.0 Å². The second kappa shape index (κ2) is 8.73. The maximum atomic E-state index is 12.4. The van der Waals surface area contributed by atoms with E-state index in [1.54, 1.807) is 19.4 Å². The van der Waals surface area contributed by atoms with Crippen molar-refractivity contribution in [2.45, 2.75) is 38.6 Å². The lowest BCUT2D eigenvalue weighted by atomic mass is 9.86. The van der Waals surface area contributed by atoms with Crippen molar-refractivity contribution in [3.05, 3.63) is 42.1 Å². The maximum Gasteiger partial charge on any atom is 0.319 e. The Hall–Kier alpha value is -3.09. The molecule has 2 amide bonds. The number of methoxy groups -OCH3 is 1. The van der Waals surface area contributed by atoms with E-state index in [1.807, 2.05) is 31.2 Å². The first-order chi connectivity index (χ1) is 13.5. The molecule has 2 aromatic rings. The van der Waals surface area contributed by atoms with Gasteiger partial charge in [-0.3, -0.25) is 4.79 Å². The number of nitrogens with zero attached hydrogens (tertiary/aromatic N) is 1. The lowest BCUT2D eigenvalue weighted by molar-refractivity contribution is -0.142. The SMILES string of the molecule is COc1ccc(-c2ccc(C)c(NC(=O)NC3CCC(C(=O)O)CC3)c2)cn1. The van der Waals surface area contributed by atoms with Crippen molar-refractivity contribution in [2.75, 3.05) is 12.4 Å². The molecule has 1 fully saturated rings. The van der Waals surface area contributed by atoms with Gasteiger partial charge in [-0.15, -0.1) is 0 Å². The van der Waals surface area contributed by atoms with Crippen LogP contribution in [0.15, 0.2) is 36.5 Å². The molecule has 0 atom stereocenters. The number of hydrogen-bond donors (Lipinski definition) is 3. The van der Waals surface area contributed by atoms with Crippen molar-refractivity contribution in [3.63, 3.8) is 0 Å². The van der Waals surface area contributed by atoms with Gasteiger partial charge in [0.25, 0.3) is 0 Å². The van der Waals surface area contributed by atoms with E-state index in [2.05, 4.69) is 15.6 Å². The Morgan fingerprint density at radius 3 is 2.43 bits per heavy atom. The van der Waals surface area contributed by atoms with Gasteiger partial charge < -0.3 is 20.5 Å². The van der Waals surface area contributed by atoms with Crippen molar-refractivity contribution in [2.24, 2.45) is 5.92 Å². The summed E-state index contributed by atoms with van der Waals surface area (Å²) in [4.78, 5) is 27.7. The molecule has 1 aromatic heterocycles. The quantitative estimate of drug-likeness (QED) is 0.728. The van der Waals surface area contributed by atoms with Crippen LogP contribution in [0.3, 0.4) is 0 Å². The van der Waals surface area contributed by atoms with Crippen LogP contribution in [-0.4, -0.2) is 35.2 Å². The van der Waals surface area contributed by atoms with Gasteiger partial charge in [-0.05, 0) is 55.9 Å². The van der Waals surface area contributed by atoms with E-state index in [4.69, 9.17) is 9.84 Å². The van der Waals surface area contributed by atoms with E-state index in [0.29, 0.717) is 31.6 Å². The number of carboxylic acids is 1. The number of ether oxygens (including phenoxy) is 1. The second-order valence-corrected chi connectivity index (χ2v) is 7.10. The topological polar surface area (TPSA) is 101 Å². The fourth-order valence-electron chi connectivity index (χ4n) is 3.44. The van der Waals surface area contributed by atoms with Gasteiger partial charge in [0.1, 0.15) is 0 Å². The molecule has 0 bridgehead atoms. The Labute approximate surface area is 164 Å². The lowest BCUT2D eigenvalue weighted by Crippen LogP contribution is -2.41. The van der Waals surface area contributed by atoms with Crippen molar-refractivity contribution < 1.29 is 19.4 Å². The highest BCUT2D eigenvalue weighted by Crippen LogP contribution is 2.27. The highest BCUT2D eigenvalue weighted by atomic mass is 16.5. The van der Waals surface area contributed by atoms with E-state index in [0.717, 1.165) is 22.4 Å². The third kappa shape index (κ3) is 4.79. The molecule has 1 aliphatic rings. The molecule has 0 radical (unpaired) electrons. The molecule has 0 aliphatic heterocycles. The number of carboxylic acid groups (broad SMARTS) is 1. The molecule has 148 valence electrons. The first-order valence-corrected chi connectivity index (χ1v) is 9.37. The number of aryl methyl sites for hydroxylation is 1. The Morgan fingerprint density at radius 1 is 1.11 bits per heavy atom. The van der Waals surface area contributed by atoms with Crippen LogP contribution < -0.4 is 15.4 Å². The molecular weight excluding hydrogens is 358 g/mol.